The third-order valence-corrected chi connectivity index (χ3v) is 2.61. The summed E-state index contributed by atoms with van der Waals surface area (Å²) >= 11 is 3.30. The molecule has 4 nitrogen and oxygen atoms in total. The van der Waals surface area contributed by atoms with Gasteiger partial charge in [0.15, 0.2) is 0 Å². The second-order valence-electron chi connectivity index (χ2n) is 3.32. The first-order valence-electron chi connectivity index (χ1n) is 5.31. The molecule has 0 spiro atoms. The average molecular weight is 313 g/mol. The number of rotatable bonds is 4. The Balaban J connectivity index is 3.05. The highest BCUT2D eigenvalue weighted by Crippen LogP contribution is 2.14. The van der Waals surface area contributed by atoms with Gasteiger partial charge in [-0.2, -0.15) is 0 Å². The molecule has 0 aromatic heterocycles. The summed E-state index contributed by atoms with van der Waals surface area (Å²) in [5.74, 6) is -1.40. The average Bonchev–Trinajstić information content (AvgIpc) is 2.37. The van der Waals surface area contributed by atoms with Crippen LogP contribution in [0.3, 0.4) is 0 Å². The lowest BCUT2D eigenvalue weighted by molar-refractivity contribution is -0.145. The summed E-state index contributed by atoms with van der Waals surface area (Å²) in [5, 5.41) is 0. The number of ether oxygens (including phenoxy) is 2. The number of hydrogen-bond acceptors (Lipinski definition) is 4. The van der Waals surface area contributed by atoms with Gasteiger partial charge in [-0.1, -0.05) is 28.1 Å². The van der Waals surface area contributed by atoms with Crippen molar-refractivity contribution in [2.45, 2.75) is 6.92 Å². The van der Waals surface area contributed by atoms with Crippen LogP contribution in [0.1, 0.15) is 12.5 Å². The lowest BCUT2D eigenvalue weighted by Gasteiger charge is -2.05. The topological polar surface area (TPSA) is 52.6 Å². The molecule has 0 saturated carbocycles. The molecule has 0 unspecified atom stereocenters. The van der Waals surface area contributed by atoms with Crippen molar-refractivity contribution in [3.05, 3.63) is 39.9 Å². The summed E-state index contributed by atoms with van der Waals surface area (Å²) in [5.41, 5.74) is 0.591. The quantitative estimate of drug-likeness (QED) is 0.371. The first kappa shape index (κ1) is 14.4. The number of methoxy groups -OCH3 is 1. The van der Waals surface area contributed by atoms with Gasteiger partial charge in [0.1, 0.15) is 5.57 Å². The van der Waals surface area contributed by atoms with Crippen LogP contribution in [-0.4, -0.2) is 25.7 Å². The van der Waals surface area contributed by atoms with Crippen LogP contribution in [0.15, 0.2) is 34.3 Å². The van der Waals surface area contributed by atoms with Crippen LogP contribution in [0.25, 0.3) is 6.08 Å². The molecule has 0 aliphatic rings. The fourth-order valence-electron chi connectivity index (χ4n) is 1.25. The van der Waals surface area contributed by atoms with Crippen molar-refractivity contribution < 1.29 is 19.1 Å². The summed E-state index contributed by atoms with van der Waals surface area (Å²) in [6, 6.07) is 7.16. The predicted octanol–water partition coefficient (Wildman–Crippen LogP) is 2.57. The SMILES string of the molecule is CCOC(=O)/C(=C\c1ccc(Br)cc1)C(=O)OC. The van der Waals surface area contributed by atoms with E-state index in [4.69, 9.17) is 4.74 Å². The van der Waals surface area contributed by atoms with Crippen molar-refractivity contribution in [1.82, 2.24) is 0 Å². The molecule has 0 radical (unpaired) electrons. The van der Waals surface area contributed by atoms with E-state index in [9.17, 15) is 9.59 Å². The maximum Gasteiger partial charge on any atom is 0.345 e. The fraction of sp³-hybridized carbons (Fsp3) is 0.231. The van der Waals surface area contributed by atoms with Gasteiger partial charge in [0, 0.05) is 4.47 Å². The molecule has 0 atom stereocenters. The van der Waals surface area contributed by atoms with Gasteiger partial charge in [0.05, 0.1) is 13.7 Å². The lowest BCUT2D eigenvalue weighted by Crippen LogP contribution is -2.17. The Labute approximate surface area is 114 Å². The molecule has 0 bridgehead atoms. The molecule has 0 N–H and O–H groups in total. The minimum absolute atomic E-state index is 0.123. The van der Waals surface area contributed by atoms with Gasteiger partial charge >= 0.3 is 11.9 Å². The van der Waals surface area contributed by atoms with Gasteiger partial charge < -0.3 is 9.47 Å². The Bertz CT molecular complexity index is 462. The molecule has 1 aromatic carbocycles. The summed E-state index contributed by atoms with van der Waals surface area (Å²) in [6.07, 6.45) is 1.44. The van der Waals surface area contributed by atoms with Crippen LogP contribution in [0, 0.1) is 0 Å². The second-order valence-corrected chi connectivity index (χ2v) is 4.24. The van der Waals surface area contributed by atoms with E-state index in [1.54, 1.807) is 19.1 Å². The summed E-state index contributed by atoms with van der Waals surface area (Å²) < 4.78 is 10.3. The summed E-state index contributed by atoms with van der Waals surface area (Å²) in [6.45, 7) is 1.87. The molecule has 0 fully saturated rings. The molecule has 0 aliphatic carbocycles. The Morgan fingerprint density at radius 2 is 1.83 bits per heavy atom. The highest BCUT2D eigenvalue weighted by molar-refractivity contribution is 9.10. The van der Waals surface area contributed by atoms with E-state index in [1.807, 2.05) is 12.1 Å². The predicted molar refractivity (Wildman–Crippen MR) is 70.8 cm³/mol. The maximum atomic E-state index is 11.6. The minimum Gasteiger partial charge on any atom is -0.465 e. The number of esters is 2. The monoisotopic (exact) mass is 312 g/mol. The van der Waals surface area contributed by atoms with E-state index in [0.29, 0.717) is 5.56 Å². The van der Waals surface area contributed by atoms with Crippen LogP contribution >= 0.6 is 15.9 Å². The van der Waals surface area contributed by atoms with Gasteiger partial charge in [-0.15, -0.1) is 0 Å². The number of hydrogen-bond donors (Lipinski definition) is 0. The first-order chi connectivity index (χ1) is 8.58. The third kappa shape index (κ3) is 4.00. The van der Waals surface area contributed by atoms with Gasteiger partial charge in [0.25, 0.3) is 0 Å². The van der Waals surface area contributed by atoms with Crippen LogP contribution in [0.5, 0.6) is 0 Å². The molecule has 0 aliphatic heterocycles. The molecular weight excluding hydrogens is 300 g/mol. The van der Waals surface area contributed by atoms with E-state index in [0.717, 1.165) is 4.47 Å². The standard InChI is InChI=1S/C13H13BrO4/c1-3-18-13(16)11(12(15)17-2)8-9-4-6-10(14)7-5-9/h4-8H,3H2,1-2H3/b11-8-. The molecule has 96 valence electrons. The van der Waals surface area contributed by atoms with Crippen molar-refractivity contribution >= 4 is 33.9 Å². The molecule has 0 amide bonds. The normalized spacial score (nSPS) is 10.9. The van der Waals surface area contributed by atoms with E-state index in [2.05, 4.69) is 20.7 Å². The maximum absolute atomic E-state index is 11.6. The lowest BCUT2D eigenvalue weighted by atomic mass is 10.1. The molecule has 1 rings (SSSR count). The molecule has 5 heteroatoms. The largest absolute Gasteiger partial charge is 0.465 e. The van der Waals surface area contributed by atoms with Crippen molar-refractivity contribution in [1.29, 1.82) is 0 Å². The minimum atomic E-state index is -0.712. The van der Waals surface area contributed by atoms with Gasteiger partial charge in [0.2, 0.25) is 0 Å². The molecule has 1 aromatic rings. The fourth-order valence-corrected chi connectivity index (χ4v) is 1.51. The zero-order valence-corrected chi connectivity index (χ0v) is 11.7. The zero-order valence-electron chi connectivity index (χ0n) is 10.1. The van der Waals surface area contributed by atoms with Gasteiger partial charge in [-0.25, -0.2) is 9.59 Å². The highest BCUT2D eigenvalue weighted by Gasteiger charge is 2.20. The smallest absolute Gasteiger partial charge is 0.345 e. The number of halogens is 1. The van der Waals surface area contributed by atoms with Crippen LogP contribution < -0.4 is 0 Å². The Hall–Kier alpha value is -1.62. The molecule has 0 saturated heterocycles. The number of carbonyl (C=O) groups excluding carboxylic acids is 2. The highest BCUT2D eigenvalue weighted by atomic mass is 79.9. The van der Waals surface area contributed by atoms with E-state index in [1.165, 1.54) is 13.2 Å². The molecule has 18 heavy (non-hydrogen) atoms. The van der Waals surface area contributed by atoms with Gasteiger partial charge in [-0.05, 0) is 30.7 Å². The van der Waals surface area contributed by atoms with Crippen molar-refractivity contribution in [3.8, 4) is 0 Å². The zero-order chi connectivity index (χ0) is 13.5. The van der Waals surface area contributed by atoms with Crippen LogP contribution in [0.2, 0.25) is 0 Å². The summed E-state index contributed by atoms with van der Waals surface area (Å²) in [4.78, 5) is 23.1. The van der Waals surface area contributed by atoms with E-state index in [-0.39, 0.29) is 12.2 Å². The van der Waals surface area contributed by atoms with Gasteiger partial charge in [-0.3, -0.25) is 0 Å². The van der Waals surface area contributed by atoms with Crippen LogP contribution in [-0.2, 0) is 19.1 Å². The van der Waals surface area contributed by atoms with Crippen molar-refractivity contribution in [2.75, 3.05) is 13.7 Å². The van der Waals surface area contributed by atoms with E-state index >= 15 is 0 Å². The first-order valence-corrected chi connectivity index (χ1v) is 6.10. The Kier molecular flexibility index (Phi) is 5.58. The van der Waals surface area contributed by atoms with Crippen molar-refractivity contribution in [2.24, 2.45) is 0 Å². The number of benzene rings is 1. The molecule has 0 heterocycles. The molecular formula is C13H13BrO4. The number of carbonyl (C=O) groups is 2. The Morgan fingerprint density at radius 3 is 2.33 bits per heavy atom. The third-order valence-electron chi connectivity index (χ3n) is 2.08. The van der Waals surface area contributed by atoms with Crippen molar-refractivity contribution in [3.63, 3.8) is 0 Å². The van der Waals surface area contributed by atoms with E-state index < -0.39 is 11.9 Å². The summed E-state index contributed by atoms with van der Waals surface area (Å²) in [7, 11) is 1.22. The Morgan fingerprint density at radius 1 is 1.22 bits per heavy atom. The second kappa shape index (κ2) is 6.96. The van der Waals surface area contributed by atoms with Crippen LogP contribution in [0.4, 0.5) is 0 Å².